The molecule has 0 fully saturated rings. The topological polar surface area (TPSA) is 27.1 Å². The molecule has 0 spiro atoms. The molecule has 0 saturated carbocycles. The van der Waals surface area contributed by atoms with Gasteiger partial charge in [0.15, 0.2) is 5.75 Å². The highest BCUT2D eigenvalue weighted by atomic mass is 19.1. The molecule has 0 radical (unpaired) electrons. The van der Waals surface area contributed by atoms with Crippen LogP contribution in [-0.4, -0.2) is 9.78 Å². The predicted octanol–water partition coefficient (Wildman–Crippen LogP) is 3.40. The average molecular weight is 220 g/mol. The number of rotatable bonds is 3. The van der Waals surface area contributed by atoms with Crippen LogP contribution in [0, 0.1) is 5.82 Å². The molecule has 0 N–H and O–H groups in total. The molecular weight excluding hydrogens is 207 g/mol. The van der Waals surface area contributed by atoms with E-state index in [4.69, 9.17) is 4.74 Å². The van der Waals surface area contributed by atoms with Crippen LogP contribution in [0.1, 0.15) is 19.9 Å². The zero-order valence-electron chi connectivity index (χ0n) is 9.22. The van der Waals surface area contributed by atoms with E-state index in [-0.39, 0.29) is 11.9 Å². The molecule has 0 unspecified atom stereocenters. The number of aromatic nitrogens is 2. The molecule has 0 aliphatic heterocycles. The van der Waals surface area contributed by atoms with Gasteiger partial charge in [-0.05, 0) is 26.0 Å². The van der Waals surface area contributed by atoms with E-state index in [1.807, 2.05) is 13.8 Å². The van der Waals surface area contributed by atoms with Crippen molar-refractivity contribution in [1.29, 1.82) is 0 Å². The van der Waals surface area contributed by atoms with E-state index < -0.39 is 0 Å². The lowest BCUT2D eigenvalue weighted by Crippen LogP contribution is -1.99. The van der Waals surface area contributed by atoms with E-state index in [9.17, 15) is 4.39 Å². The molecule has 1 heterocycles. The van der Waals surface area contributed by atoms with Crippen molar-refractivity contribution in [2.45, 2.75) is 19.9 Å². The fourth-order valence-corrected chi connectivity index (χ4v) is 1.32. The van der Waals surface area contributed by atoms with Crippen molar-refractivity contribution < 1.29 is 9.13 Å². The summed E-state index contributed by atoms with van der Waals surface area (Å²) in [5.41, 5.74) is 0. The first kappa shape index (κ1) is 10.7. The third-order valence-electron chi connectivity index (χ3n) is 2.14. The van der Waals surface area contributed by atoms with Crippen LogP contribution >= 0.6 is 0 Å². The second kappa shape index (κ2) is 4.35. The number of nitrogens with zero attached hydrogens (tertiary/aromatic N) is 2. The molecule has 0 aliphatic carbocycles. The highest BCUT2D eigenvalue weighted by molar-refractivity contribution is 5.28. The molecule has 1 aromatic carbocycles. The SMILES string of the molecule is CC(C)n1cc(Oc2cccc(F)c2)cn1. The Kier molecular flexibility index (Phi) is 2.90. The van der Waals surface area contributed by atoms with Crippen LogP contribution in [0.3, 0.4) is 0 Å². The predicted molar refractivity (Wildman–Crippen MR) is 59.1 cm³/mol. The van der Waals surface area contributed by atoms with E-state index in [0.717, 1.165) is 0 Å². The van der Waals surface area contributed by atoms with E-state index in [1.165, 1.54) is 12.1 Å². The number of hydrogen-bond acceptors (Lipinski definition) is 2. The van der Waals surface area contributed by atoms with Crippen LogP contribution in [0.5, 0.6) is 11.5 Å². The Balaban J connectivity index is 2.14. The van der Waals surface area contributed by atoms with Crippen molar-refractivity contribution >= 4 is 0 Å². The van der Waals surface area contributed by atoms with Crippen LogP contribution in [0.15, 0.2) is 36.7 Å². The number of benzene rings is 1. The summed E-state index contributed by atoms with van der Waals surface area (Å²) in [6, 6.07) is 6.31. The molecule has 1 aromatic heterocycles. The zero-order valence-corrected chi connectivity index (χ0v) is 9.22. The Morgan fingerprint density at radius 1 is 1.31 bits per heavy atom. The smallest absolute Gasteiger partial charge is 0.165 e. The molecule has 0 saturated heterocycles. The van der Waals surface area contributed by atoms with Crippen molar-refractivity contribution in [3.63, 3.8) is 0 Å². The fraction of sp³-hybridized carbons (Fsp3) is 0.250. The van der Waals surface area contributed by atoms with Gasteiger partial charge in [-0.2, -0.15) is 5.10 Å². The molecule has 2 aromatic rings. The van der Waals surface area contributed by atoms with Gasteiger partial charge in [0.05, 0.1) is 12.4 Å². The number of ether oxygens (including phenoxy) is 1. The van der Waals surface area contributed by atoms with E-state index in [2.05, 4.69) is 5.10 Å². The maximum atomic E-state index is 12.9. The van der Waals surface area contributed by atoms with Crippen molar-refractivity contribution in [2.75, 3.05) is 0 Å². The lowest BCUT2D eigenvalue weighted by atomic mass is 10.3. The summed E-state index contributed by atoms with van der Waals surface area (Å²) in [5, 5.41) is 4.13. The molecule has 0 atom stereocenters. The Hall–Kier alpha value is -1.84. The minimum Gasteiger partial charge on any atom is -0.454 e. The highest BCUT2D eigenvalue weighted by Gasteiger charge is 2.04. The van der Waals surface area contributed by atoms with Gasteiger partial charge in [0, 0.05) is 12.1 Å². The van der Waals surface area contributed by atoms with Gasteiger partial charge in [-0.1, -0.05) is 6.07 Å². The van der Waals surface area contributed by atoms with Gasteiger partial charge in [0.2, 0.25) is 0 Å². The van der Waals surface area contributed by atoms with E-state index in [0.29, 0.717) is 11.5 Å². The molecule has 0 amide bonds. The Morgan fingerprint density at radius 2 is 2.12 bits per heavy atom. The number of halogens is 1. The monoisotopic (exact) mass is 220 g/mol. The quantitative estimate of drug-likeness (QED) is 0.792. The van der Waals surface area contributed by atoms with Crippen molar-refractivity contribution in [2.24, 2.45) is 0 Å². The van der Waals surface area contributed by atoms with Gasteiger partial charge in [-0.25, -0.2) is 4.39 Å². The first-order chi connectivity index (χ1) is 7.65. The summed E-state index contributed by atoms with van der Waals surface area (Å²) in [4.78, 5) is 0. The zero-order chi connectivity index (χ0) is 11.5. The normalized spacial score (nSPS) is 10.8. The maximum absolute atomic E-state index is 12.9. The minimum absolute atomic E-state index is 0.282. The second-order valence-electron chi connectivity index (χ2n) is 3.81. The molecule has 84 valence electrons. The Labute approximate surface area is 93.5 Å². The largest absolute Gasteiger partial charge is 0.454 e. The lowest BCUT2D eigenvalue weighted by molar-refractivity contribution is 0.472. The molecule has 2 rings (SSSR count). The van der Waals surface area contributed by atoms with Crippen LogP contribution in [0.4, 0.5) is 4.39 Å². The summed E-state index contributed by atoms with van der Waals surface area (Å²) in [7, 11) is 0. The molecule has 0 aliphatic rings. The van der Waals surface area contributed by atoms with Crippen LogP contribution < -0.4 is 4.74 Å². The summed E-state index contributed by atoms with van der Waals surface area (Å²) in [6.45, 7) is 4.05. The van der Waals surface area contributed by atoms with Crippen LogP contribution in [0.25, 0.3) is 0 Å². The third kappa shape index (κ3) is 2.39. The fourth-order valence-electron chi connectivity index (χ4n) is 1.32. The van der Waals surface area contributed by atoms with Gasteiger partial charge in [-0.15, -0.1) is 0 Å². The van der Waals surface area contributed by atoms with Gasteiger partial charge in [0.1, 0.15) is 11.6 Å². The van der Waals surface area contributed by atoms with Crippen LogP contribution in [0.2, 0.25) is 0 Å². The lowest BCUT2D eigenvalue weighted by Gasteiger charge is -2.04. The van der Waals surface area contributed by atoms with Gasteiger partial charge in [0.25, 0.3) is 0 Å². The second-order valence-corrected chi connectivity index (χ2v) is 3.81. The maximum Gasteiger partial charge on any atom is 0.165 e. The van der Waals surface area contributed by atoms with Crippen molar-refractivity contribution in [1.82, 2.24) is 9.78 Å². The molecular formula is C12H13FN2O. The Morgan fingerprint density at radius 3 is 2.75 bits per heavy atom. The average Bonchev–Trinajstić information content (AvgIpc) is 2.66. The summed E-state index contributed by atoms with van der Waals surface area (Å²) < 4.78 is 20.2. The van der Waals surface area contributed by atoms with Gasteiger partial charge in [-0.3, -0.25) is 4.68 Å². The van der Waals surface area contributed by atoms with E-state index >= 15 is 0 Å². The van der Waals surface area contributed by atoms with Crippen molar-refractivity contribution in [3.05, 3.63) is 42.5 Å². The molecule has 16 heavy (non-hydrogen) atoms. The number of hydrogen-bond donors (Lipinski definition) is 0. The van der Waals surface area contributed by atoms with Gasteiger partial charge >= 0.3 is 0 Å². The molecule has 0 bridgehead atoms. The third-order valence-corrected chi connectivity index (χ3v) is 2.14. The Bertz CT molecular complexity index is 479. The van der Waals surface area contributed by atoms with Crippen molar-refractivity contribution in [3.8, 4) is 11.5 Å². The van der Waals surface area contributed by atoms with Crippen LogP contribution in [-0.2, 0) is 0 Å². The summed E-state index contributed by atoms with van der Waals surface area (Å²) in [5.74, 6) is 0.774. The minimum atomic E-state index is -0.311. The first-order valence-corrected chi connectivity index (χ1v) is 5.13. The standard InChI is InChI=1S/C12H13FN2O/c1-9(2)15-8-12(7-14-15)16-11-5-3-4-10(13)6-11/h3-9H,1-2H3. The molecule has 3 nitrogen and oxygen atoms in total. The summed E-state index contributed by atoms with van der Waals surface area (Å²) in [6.07, 6.45) is 3.40. The van der Waals surface area contributed by atoms with Gasteiger partial charge < -0.3 is 4.74 Å². The first-order valence-electron chi connectivity index (χ1n) is 5.13. The highest BCUT2D eigenvalue weighted by Crippen LogP contribution is 2.22. The summed E-state index contributed by atoms with van der Waals surface area (Å²) >= 11 is 0. The van der Waals surface area contributed by atoms with E-state index in [1.54, 1.807) is 29.2 Å². The molecule has 4 heteroatoms.